The topological polar surface area (TPSA) is 50.5 Å². The van der Waals surface area contributed by atoms with Crippen LogP contribution in [0.1, 0.15) is 51.8 Å². The summed E-state index contributed by atoms with van der Waals surface area (Å²) >= 11 is 0. The summed E-state index contributed by atoms with van der Waals surface area (Å²) in [6.45, 7) is 7.95. The van der Waals surface area contributed by atoms with Crippen molar-refractivity contribution in [2.75, 3.05) is 13.1 Å². The molecule has 5 nitrogen and oxygen atoms in total. The minimum absolute atomic E-state index is 0.0333. The first kappa shape index (κ1) is 15.0. The van der Waals surface area contributed by atoms with Gasteiger partial charge in [0.05, 0.1) is 0 Å². The molecule has 1 fully saturated rings. The summed E-state index contributed by atoms with van der Waals surface area (Å²) in [7, 11) is 0. The number of aromatic nitrogens is 3. The average molecular weight is 300 g/mol. The molecule has 1 saturated heterocycles. The quantitative estimate of drug-likeness (QED) is 0.857. The first-order valence-electron chi connectivity index (χ1n) is 8.01. The molecule has 1 amide bonds. The first-order valence-corrected chi connectivity index (χ1v) is 8.01. The Kier molecular flexibility index (Phi) is 3.89. The van der Waals surface area contributed by atoms with Crippen LogP contribution < -0.4 is 0 Å². The Morgan fingerprint density at radius 1 is 1.32 bits per heavy atom. The fourth-order valence-corrected chi connectivity index (χ4v) is 3.12. The van der Waals surface area contributed by atoms with E-state index in [9.17, 15) is 4.79 Å². The zero-order chi connectivity index (χ0) is 15.7. The van der Waals surface area contributed by atoms with E-state index >= 15 is 0 Å². The van der Waals surface area contributed by atoms with E-state index in [2.05, 4.69) is 31.0 Å². The van der Waals surface area contributed by atoms with E-state index in [0.717, 1.165) is 37.4 Å². The number of likely N-dealkylation sites (tertiary alicyclic amines) is 1. The second kappa shape index (κ2) is 5.71. The van der Waals surface area contributed by atoms with Crippen molar-refractivity contribution >= 4 is 11.6 Å². The molecule has 3 heterocycles. The third-order valence-electron chi connectivity index (χ3n) is 4.16. The van der Waals surface area contributed by atoms with Crippen LogP contribution in [0.15, 0.2) is 24.4 Å². The summed E-state index contributed by atoms with van der Waals surface area (Å²) in [5.41, 5.74) is 0.904. The lowest BCUT2D eigenvalue weighted by molar-refractivity contribution is -0.134. The number of amides is 1. The molecule has 0 radical (unpaired) electrons. The van der Waals surface area contributed by atoms with Crippen LogP contribution in [0.25, 0.3) is 5.65 Å². The molecule has 0 saturated carbocycles. The fourth-order valence-electron chi connectivity index (χ4n) is 3.12. The summed E-state index contributed by atoms with van der Waals surface area (Å²) in [5.74, 6) is 1.50. The minimum atomic E-state index is 0.0333. The molecule has 2 aromatic rings. The van der Waals surface area contributed by atoms with Crippen LogP contribution in [-0.2, 0) is 4.79 Å². The molecule has 0 N–H and O–H groups in total. The van der Waals surface area contributed by atoms with Gasteiger partial charge < -0.3 is 4.90 Å². The van der Waals surface area contributed by atoms with Crippen LogP contribution in [0, 0.1) is 5.41 Å². The third kappa shape index (κ3) is 3.13. The van der Waals surface area contributed by atoms with Crippen molar-refractivity contribution in [2.45, 2.75) is 46.0 Å². The molecule has 1 unspecified atom stereocenters. The molecule has 1 aliphatic rings. The van der Waals surface area contributed by atoms with E-state index in [1.807, 2.05) is 33.7 Å². The Morgan fingerprint density at radius 2 is 2.14 bits per heavy atom. The van der Waals surface area contributed by atoms with Crippen molar-refractivity contribution in [3.05, 3.63) is 30.2 Å². The summed E-state index contributed by atoms with van der Waals surface area (Å²) < 4.78 is 2.04. The Balaban J connectivity index is 1.77. The molecule has 2 aromatic heterocycles. The number of piperidine rings is 1. The van der Waals surface area contributed by atoms with Crippen molar-refractivity contribution in [1.82, 2.24) is 19.5 Å². The van der Waals surface area contributed by atoms with Crippen LogP contribution in [0.3, 0.4) is 0 Å². The average Bonchev–Trinajstić information content (AvgIpc) is 2.89. The van der Waals surface area contributed by atoms with Crippen LogP contribution in [0.2, 0.25) is 0 Å². The normalized spacial score (nSPS) is 19.6. The number of pyridine rings is 1. The predicted molar refractivity (Wildman–Crippen MR) is 85.6 cm³/mol. The number of fused-ring (bicyclic) bond motifs is 1. The third-order valence-corrected chi connectivity index (χ3v) is 4.16. The van der Waals surface area contributed by atoms with Gasteiger partial charge in [0.2, 0.25) is 5.91 Å². The van der Waals surface area contributed by atoms with E-state index in [-0.39, 0.29) is 17.2 Å². The second-order valence-electron chi connectivity index (χ2n) is 7.40. The smallest absolute Gasteiger partial charge is 0.223 e. The molecule has 0 aromatic carbocycles. The van der Waals surface area contributed by atoms with Crippen LogP contribution in [0.5, 0.6) is 0 Å². The van der Waals surface area contributed by atoms with Gasteiger partial charge in [-0.2, -0.15) is 0 Å². The van der Waals surface area contributed by atoms with E-state index in [0.29, 0.717) is 6.42 Å². The van der Waals surface area contributed by atoms with Gasteiger partial charge >= 0.3 is 0 Å². The Morgan fingerprint density at radius 3 is 2.91 bits per heavy atom. The van der Waals surface area contributed by atoms with Crippen molar-refractivity contribution in [3.8, 4) is 0 Å². The first-order chi connectivity index (χ1) is 10.4. The molecule has 1 aliphatic heterocycles. The molecule has 3 rings (SSSR count). The Labute approximate surface area is 131 Å². The van der Waals surface area contributed by atoms with Gasteiger partial charge in [-0.25, -0.2) is 0 Å². The lowest BCUT2D eigenvalue weighted by Crippen LogP contribution is -2.40. The molecule has 1 atom stereocenters. The Hall–Kier alpha value is -1.91. The number of carbonyl (C=O) groups excluding carboxylic acids is 1. The van der Waals surface area contributed by atoms with Crippen molar-refractivity contribution in [2.24, 2.45) is 5.41 Å². The van der Waals surface area contributed by atoms with Gasteiger partial charge in [0.1, 0.15) is 5.82 Å². The highest BCUT2D eigenvalue weighted by atomic mass is 16.2. The molecule has 22 heavy (non-hydrogen) atoms. The zero-order valence-electron chi connectivity index (χ0n) is 13.6. The molecular formula is C17H24N4O. The highest BCUT2D eigenvalue weighted by Crippen LogP contribution is 2.28. The van der Waals surface area contributed by atoms with Gasteiger partial charge in [-0.05, 0) is 30.4 Å². The number of hydrogen-bond donors (Lipinski definition) is 0. The lowest BCUT2D eigenvalue weighted by atomic mass is 9.90. The predicted octanol–water partition coefficient (Wildman–Crippen LogP) is 2.87. The van der Waals surface area contributed by atoms with Gasteiger partial charge in [0, 0.05) is 31.6 Å². The van der Waals surface area contributed by atoms with E-state index in [1.54, 1.807) is 0 Å². The molecule has 0 bridgehead atoms. The SMILES string of the molecule is CC(C)(C)CC(=O)N1CCCC(c2nnc3ccccn23)C1. The monoisotopic (exact) mass is 300 g/mol. The van der Waals surface area contributed by atoms with E-state index in [4.69, 9.17) is 0 Å². The number of nitrogens with zero attached hydrogens (tertiary/aromatic N) is 4. The maximum Gasteiger partial charge on any atom is 0.223 e. The Bertz CT molecular complexity index is 671. The van der Waals surface area contributed by atoms with Crippen molar-refractivity contribution in [1.29, 1.82) is 0 Å². The highest BCUT2D eigenvalue weighted by molar-refractivity contribution is 5.77. The summed E-state index contributed by atoms with van der Waals surface area (Å²) in [6.07, 6.45) is 4.69. The van der Waals surface area contributed by atoms with Gasteiger partial charge in [-0.1, -0.05) is 26.8 Å². The van der Waals surface area contributed by atoms with Gasteiger partial charge in [0.15, 0.2) is 5.65 Å². The molecule has 5 heteroatoms. The zero-order valence-corrected chi connectivity index (χ0v) is 13.6. The summed E-state index contributed by atoms with van der Waals surface area (Å²) in [5, 5.41) is 8.60. The number of rotatable bonds is 2. The molecule has 0 aliphatic carbocycles. The largest absolute Gasteiger partial charge is 0.342 e. The molecule has 0 spiro atoms. The van der Waals surface area contributed by atoms with Crippen molar-refractivity contribution < 1.29 is 4.79 Å². The summed E-state index contributed by atoms with van der Waals surface area (Å²) in [4.78, 5) is 14.5. The molecule has 118 valence electrons. The van der Waals surface area contributed by atoms with Crippen LogP contribution in [-0.4, -0.2) is 38.5 Å². The fraction of sp³-hybridized carbons (Fsp3) is 0.588. The van der Waals surface area contributed by atoms with Crippen LogP contribution >= 0.6 is 0 Å². The van der Waals surface area contributed by atoms with E-state index < -0.39 is 0 Å². The lowest BCUT2D eigenvalue weighted by Gasteiger charge is -2.33. The van der Waals surface area contributed by atoms with E-state index in [1.165, 1.54) is 0 Å². The van der Waals surface area contributed by atoms with Crippen molar-refractivity contribution in [3.63, 3.8) is 0 Å². The van der Waals surface area contributed by atoms with Gasteiger partial charge in [-0.3, -0.25) is 9.20 Å². The minimum Gasteiger partial charge on any atom is -0.342 e. The number of hydrogen-bond acceptors (Lipinski definition) is 3. The van der Waals surface area contributed by atoms with Gasteiger partial charge in [0.25, 0.3) is 0 Å². The highest BCUT2D eigenvalue weighted by Gasteiger charge is 2.29. The number of carbonyl (C=O) groups is 1. The standard InChI is InChI=1S/C17H24N4O/c1-17(2,3)11-15(22)20-9-6-7-13(12-20)16-19-18-14-8-4-5-10-21(14)16/h4-5,8,10,13H,6-7,9,11-12H2,1-3H3. The maximum atomic E-state index is 12.5. The van der Waals surface area contributed by atoms with Gasteiger partial charge in [-0.15, -0.1) is 10.2 Å². The second-order valence-corrected chi connectivity index (χ2v) is 7.40. The summed E-state index contributed by atoms with van der Waals surface area (Å²) in [6, 6.07) is 5.92. The maximum absolute atomic E-state index is 12.5. The molecular weight excluding hydrogens is 276 g/mol. The van der Waals surface area contributed by atoms with Crippen LogP contribution in [0.4, 0.5) is 0 Å².